The van der Waals surface area contributed by atoms with Crippen molar-refractivity contribution in [2.75, 3.05) is 6.54 Å². The third kappa shape index (κ3) is 3.19. The lowest BCUT2D eigenvalue weighted by molar-refractivity contribution is -0.124. The Morgan fingerprint density at radius 1 is 1.69 bits per heavy atom. The molecule has 0 spiro atoms. The van der Waals surface area contributed by atoms with Crippen molar-refractivity contribution >= 4 is 5.91 Å². The van der Waals surface area contributed by atoms with Gasteiger partial charge in [-0.15, -0.1) is 0 Å². The molecule has 1 aliphatic carbocycles. The predicted molar refractivity (Wildman–Crippen MR) is 53.1 cm³/mol. The van der Waals surface area contributed by atoms with E-state index in [9.17, 15) is 4.79 Å². The summed E-state index contributed by atoms with van der Waals surface area (Å²) in [6.07, 6.45) is 7.38. The molecule has 3 heteroatoms. The van der Waals surface area contributed by atoms with Crippen LogP contribution in [0.3, 0.4) is 0 Å². The summed E-state index contributed by atoms with van der Waals surface area (Å²) in [5.41, 5.74) is 5.40. The van der Waals surface area contributed by atoms with Crippen LogP contribution in [0, 0.1) is 5.92 Å². The molecule has 0 aromatic rings. The third-order valence-corrected chi connectivity index (χ3v) is 2.42. The van der Waals surface area contributed by atoms with Gasteiger partial charge in [-0.25, -0.2) is 0 Å². The van der Waals surface area contributed by atoms with Crippen molar-refractivity contribution in [2.45, 2.75) is 32.2 Å². The first-order valence-corrected chi connectivity index (χ1v) is 4.89. The van der Waals surface area contributed by atoms with Gasteiger partial charge in [0.25, 0.3) is 0 Å². The number of carbonyl (C=O) groups is 1. The number of nitrogens with one attached hydrogen (secondary N) is 1. The first-order chi connectivity index (χ1) is 6.24. The van der Waals surface area contributed by atoms with E-state index in [1.54, 1.807) is 0 Å². The minimum atomic E-state index is -0.0640. The van der Waals surface area contributed by atoms with Crippen LogP contribution >= 0.6 is 0 Å². The number of nitrogens with two attached hydrogens (primary N) is 1. The number of rotatable bonds is 3. The molecule has 3 N–H and O–H groups in total. The topological polar surface area (TPSA) is 55.1 Å². The van der Waals surface area contributed by atoms with Gasteiger partial charge in [-0.2, -0.15) is 0 Å². The van der Waals surface area contributed by atoms with Gasteiger partial charge in [-0.1, -0.05) is 19.1 Å². The van der Waals surface area contributed by atoms with Crippen molar-refractivity contribution in [1.82, 2.24) is 5.32 Å². The van der Waals surface area contributed by atoms with Crippen molar-refractivity contribution in [3.8, 4) is 0 Å². The summed E-state index contributed by atoms with van der Waals surface area (Å²) in [6.45, 7) is 2.28. The Kier molecular flexibility index (Phi) is 3.96. The summed E-state index contributed by atoms with van der Waals surface area (Å²) < 4.78 is 0. The molecule has 0 aromatic carbocycles. The molecule has 74 valence electrons. The zero-order chi connectivity index (χ0) is 9.68. The van der Waals surface area contributed by atoms with E-state index in [-0.39, 0.29) is 11.8 Å². The molecular formula is C10H18N2O. The molecule has 13 heavy (non-hydrogen) atoms. The van der Waals surface area contributed by atoms with Crippen LogP contribution in [0.2, 0.25) is 0 Å². The maximum absolute atomic E-state index is 11.4. The molecule has 1 aliphatic rings. The second kappa shape index (κ2) is 5.02. The lowest BCUT2D eigenvalue weighted by Gasteiger charge is -2.21. The molecule has 2 atom stereocenters. The second-order valence-corrected chi connectivity index (χ2v) is 3.63. The summed E-state index contributed by atoms with van der Waals surface area (Å²) in [4.78, 5) is 11.4. The van der Waals surface area contributed by atoms with Gasteiger partial charge in [0.1, 0.15) is 0 Å². The highest BCUT2D eigenvalue weighted by Crippen LogP contribution is 2.10. The third-order valence-electron chi connectivity index (χ3n) is 2.42. The molecule has 0 saturated heterocycles. The van der Waals surface area contributed by atoms with Crippen LogP contribution in [0.15, 0.2) is 12.2 Å². The van der Waals surface area contributed by atoms with Gasteiger partial charge in [0.05, 0.1) is 0 Å². The molecule has 0 aliphatic heterocycles. The largest absolute Gasteiger partial charge is 0.353 e. The highest BCUT2D eigenvalue weighted by molar-refractivity contribution is 5.78. The molecule has 0 bridgehead atoms. The SMILES string of the molecule is CC(CN)C(=O)NC1CC=CCC1. The van der Waals surface area contributed by atoms with Crippen molar-refractivity contribution in [1.29, 1.82) is 0 Å². The van der Waals surface area contributed by atoms with Crippen LogP contribution in [0.4, 0.5) is 0 Å². The number of hydrogen-bond donors (Lipinski definition) is 2. The van der Waals surface area contributed by atoms with E-state index in [1.165, 1.54) is 0 Å². The Morgan fingerprint density at radius 2 is 2.46 bits per heavy atom. The Hall–Kier alpha value is -0.830. The number of hydrogen-bond acceptors (Lipinski definition) is 2. The minimum Gasteiger partial charge on any atom is -0.353 e. The number of amides is 1. The van der Waals surface area contributed by atoms with E-state index < -0.39 is 0 Å². The zero-order valence-electron chi connectivity index (χ0n) is 8.12. The minimum absolute atomic E-state index is 0.0640. The maximum atomic E-state index is 11.4. The maximum Gasteiger partial charge on any atom is 0.224 e. The zero-order valence-corrected chi connectivity index (χ0v) is 8.12. The van der Waals surface area contributed by atoms with E-state index >= 15 is 0 Å². The number of carbonyl (C=O) groups excluding carboxylic acids is 1. The summed E-state index contributed by atoms with van der Waals surface area (Å²) in [7, 11) is 0. The van der Waals surface area contributed by atoms with Gasteiger partial charge in [0.15, 0.2) is 0 Å². The normalized spacial score (nSPS) is 24.0. The molecule has 1 rings (SSSR count). The van der Waals surface area contributed by atoms with Crippen LogP contribution in [0.1, 0.15) is 26.2 Å². The Bertz CT molecular complexity index is 201. The smallest absolute Gasteiger partial charge is 0.224 e. The Morgan fingerprint density at radius 3 is 3.00 bits per heavy atom. The fourth-order valence-corrected chi connectivity index (χ4v) is 1.38. The lowest BCUT2D eigenvalue weighted by atomic mass is 10.0. The van der Waals surface area contributed by atoms with Crippen molar-refractivity contribution in [2.24, 2.45) is 11.7 Å². The fraction of sp³-hybridized carbons (Fsp3) is 0.700. The lowest BCUT2D eigenvalue weighted by Crippen LogP contribution is -2.40. The molecule has 0 heterocycles. The van der Waals surface area contributed by atoms with Crippen LogP contribution in [-0.2, 0) is 4.79 Å². The molecule has 0 fully saturated rings. The van der Waals surface area contributed by atoms with Gasteiger partial charge in [-0.3, -0.25) is 4.79 Å². The quantitative estimate of drug-likeness (QED) is 0.634. The van der Waals surface area contributed by atoms with E-state index in [2.05, 4.69) is 17.5 Å². The number of allylic oxidation sites excluding steroid dienone is 1. The highest BCUT2D eigenvalue weighted by Gasteiger charge is 2.16. The first-order valence-electron chi connectivity index (χ1n) is 4.89. The molecular weight excluding hydrogens is 164 g/mol. The van der Waals surface area contributed by atoms with Gasteiger partial charge in [-0.05, 0) is 19.3 Å². The van der Waals surface area contributed by atoms with Gasteiger partial charge in [0.2, 0.25) is 5.91 Å². The van der Waals surface area contributed by atoms with Gasteiger partial charge >= 0.3 is 0 Å². The molecule has 0 radical (unpaired) electrons. The first kappa shape index (κ1) is 10.3. The molecule has 0 aromatic heterocycles. The van der Waals surface area contributed by atoms with Crippen molar-refractivity contribution in [3.05, 3.63) is 12.2 Å². The highest BCUT2D eigenvalue weighted by atomic mass is 16.1. The van der Waals surface area contributed by atoms with Crippen LogP contribution in [-0.4, -0.2) is 18.5 Å². The average Bonchev–Trinajstić information content (AvgIpc) is 2.18. The molecule has 0 saturated carbocycles. The average molecular weight is 182 g/mol. The summed E-state index contributed by atoms with van der Waals surface area (Å²) in [5, 5.41) is 3.00. The molecule has 1 amide bonds. The van der Waals surface area contributed by atoms with Crippen LogP contribution < -0.4 is 11.1 Å². The van der Waals surface area contributed by atoms with E-state index in [4.69, 9.17) is 5.73 Å². The second-order valence-electron chi connectivity index (χ2n) is 3.63. The van der Waals surface area contributed by atoms with Crippen molar-refractivity contribution < 1.29 is 4.79 Å². The van der Waals surface area contributed by atoms with Gasteiger partial charge in [0, 0.05) is 18.5 Å². The standard InChI is InChI=1S/C10H18N2O/c1-8(7-11)10(13)12-9-5-3-2-4-6-9/h2-3,8-9H,4-7,11H2,1H3,(H,12,13). The van der Waals surface area contributed by atoms with Gasteiger partial charge < -0.3 is 11.1 Å². The summed E-state index contributed by atoms with van der Waals surface area (Å²) in [5.74, 6) is 0.0220. The van der Waals surface area contributed by atoms with Crippen molar-refractivity contribution in [3.63, 3.8) is 0 Å². The van der Waals surface area contributed by atoms with Crippen LogP contribution in [0.25, 0.3) is 0 Å². The Labute approximate surface area is 79.4 Å². The summed E-state index contributed by atoms with van der Waals surface area (Å²) >= 11 is 0. The molecule has 2 unspecified atom stereocenters. The van der Waals surface area contributed by atoms with E-state index in [0.717, 1.165) is 19.3 Å². The monoisotopic (exact) mass is 182 g/mol. The van der Waals surface area contributed by atoms with E-state index in [0.29, 0.717) is 12.6 Å². The fourth-order valence-electron chi connectivity index (χ4n) is 1.38. The summed E-state index contributed by atoms with van der Waals surface area (Å²) in [6, 6.07) is 0.325. The van der Waals surface area contributed by atoms with E-state index in [1.807, 2.05) is 6.92 Å². The molecule has 3 nitrogen and oxygen atoms in total. The Balaban J connectivity index is 2.31. The van der Waals surface area contributed by atoms with Crippen LogP contribution in [0.5, 0.6) is 0 Å². The predicted octanol–water partition coefficient (Wildman–Crippen LogP) is 0.806.